The van der Waals surface area contributed by atoms with E-state index in [0.717, 1.165) is 64.2 Å². The van der Waals surface area contributed by atoms with E-state index in [0.29, 0.717) is 0 Å². The van der Waals surface area contributed by atoms with E-state index in [4.69, 9.17) is 9.47 Å². The molecule has 5 nitrogen and oxygen atoms in total. The third-order valence-corrected chi connectivity index (χ3v) is 3.99. The van der Waals surface area contributed by atoms with Crippen LogP contribution in [0.2, 0.25) is 0 Å². The van der Waals surface area contributed by atoms with Gasteiger partial charge in [0.2, 0.25) is 0 Å². The van der Waals surface area contributed by atoms with Crippen molar-refractivity contribution < 1.29 is 9.47 Å². The number of ether oxygens (including phenoxy) is 2. The molecule has 124 valence electrons. The Kier molecular flexibility index (Phi) is 10.3. The standard InChI is InChI=1S/C16H33N3O2/c1-4-20-12-6-5-10-18-16(17-2)19(3)11-7-15-8-13-21-14-9-15/h15H,4-14H2,1-3H3,(H,17,18). The van der Waals surface area contributed by atoms with E-state index in [1.54, 1.807) is 0 Å². The molecule has 0 aromatic carbocycles. The highest BCUT2D eigenvalue weighted by atomic mass is 16.5. The number of rotatable bonds is 9. The van der Waals surface area contributed by atoms with Crippen molar-refractivity contribution in [3.8, 4) is 0 Å². The van der Waals surface area contributed by atoms with Crippen molar-refractivity contribution in [3.63, 3.8) is 0 Å². The summed E-state index contributed by atoms with van der Waals surface area (Å²) in [6.45, 7) is 7.58. The maximum atomic E-state index is 5.41. The minimum atomic E-state index is 0.810. The van der Waals surface area contributed by atoms with Crippen molar-refractivity contribution in [3.05, 3.63) is 0 Å². The third kappa shape index (κ3) is 8.27. The van der Waals surface area contributed by atoms with Crippen LogP contribution in [0.25, 0.3) is 0 Å². The molecule has 1 aliphatic heterocycles. The molecular formula is C16H33N3O2. The van der Waals surface area contributed by atoms with Crippen LogP contribution in [0.5, 0.6) is 0 Å². The fourth-order valence-corrected chi connectivity index (χ4v) is 2.58. The zero-order chi connectivity index (χ0) is 15.3. The predicted octanol–water partition coefficient (Wildman–Crippen LogP) is 2.13. The summed E-state index contributed by atoms with van der Waals surface area (Å²) in [5.41, 5.74) is 0. The van der Waals surface area contributed by atoms with Crippen molar-refractivity contribution in [2.45, 2.75) is 39.0 Å². The smallest absolute Gasteiger partial charge is 0.193 e. The first-order valence-corrected chi connectivity index (χ1v) is 8.35. The molecule has 0 amide bonds. The molecule has 1 saturated heterocycles. The average molecular weight is 299 g/mol. The lowest BCUT2D eigenvalue weighted by atomic mass is 9.96. The lowest BCUT2D eigenvalue weighted by Crippen LogP contribution is -2.40. The number of guanidine groups is 1. The van der Waals surface area contributed by atoms with Crippen LogP contribution in [0, 0.1) is 5.92 Å². The van der Waals surface area contributed by atoms with Gasteiger partial charge in [-0.3, -0.25) is 4.99 Å². The van der Waals surface area contributed by atoms with Crippen LogP contribution in [0.4, 0.5) is 0 Å². The molecule has 21 heavy (non-hydrogen) atoms. The van der Waals surface area contributed by atoms with Crippen LogP contribution < -0.4 is 5.32 Å². The number of hydrogen-bond acceptors (Lipinski definition) is 3. The van der Waals surface area contributed by atoms with Crippen molar-refractivity contribution in [1.29, 1.82) is 0 Å². The number of nitrogens with one attached hydrogen (secondary N) is 1. The summed E-state index contributed by atoms with van der Waals surface area (Å²) in [4.78, 5) is 6.60. The Balaban J connectivity index is 2.12. The van der Waals surface area contributed by atoms with Gasteiger partial charge < -0.3 is 19.7 Å². The fourth-order valence-electron chi connectivity index (χ4n) is 2.58. The van der Waals surface area contributed by atoms with Gasteiger partial charge in [0.15, 0.2) is 5.96 Å². The van der Waals surface area contributed by atoms with Gasteiger partial charge in [0.25, 0.3) is 0 Å². The van der Waals surface area contributed by atoms with Crippen molar-refractivity contribution in [2.24, 2.45) is 10.9 Å². The number of aliphatic imine (C=N–C) groups is 1. The van der Waals surface area contributed by atoms with Gasteiger partial charge in [-0.1, -0.05) is 0 Å². The van der Waals surface area contributed by atoms with Crippen LogP contribution in [-0.2, 0) is 9.47 Å². The highest BCUT2D eigenvalue weighted by Gasteiger charge is 2.15. The maximum absolute atomic E-state index is 5.41. The van der Waals surface area contributed by atoms with Gasteiger partial charge in [-0.2, -0.15) is 0 Å². The predicted molar refractivity (Wildman–Crippen MR) is 87.9 cm³/mol. The normalized spacial score (nSPS) is 17.0. The van der Waals surface area contributed by atoms with Crippen molar-refractivity contribution in [1.82, 2.24) is 10.2 Å². The molecule has 0 spiro atoms. The average Bonchev–Trinajstić information content (AvgIpc) is 2.53. The van der Waals surface area contributed by atoms with Gasteiger partial charge in [-0.15, -0.1) is 0 Å². The lowest BCUT2D eigenvalue weighted by molar-refractivity contribution is 0.0625. The Labute approximate surface area is 130 Å². The van der Waals surface area contributed by atoms with Gasteiger partial charge in [0.05, 0.1) is 0 Å². The molecule has 1 rings (SSSR count). The first-order chi connectivity index (χ1) is 10.3. The molecule has 1 N–H and O–H groups in total. The second-order valence-corrected chi connectivity index (χ2v) is 5.64. The van der Waals surface area contributed by atoms with Crippen molar-refractivity contribution >= 4 is 5.96 Å². The molecule has 5 heteroatoms. The molecule has 0 atom stereocenters. The van der Waals surface area contributed by atoms with E-state index in [9.17, 15) is 0 Å². The summed E-state index contributed by atoms with van der Waals surface area (Å²) in [5.74, 6) is 1.81. The fraction of sp³-hybridized carbons (Fsp3) is 0.938. The van der Waals surface area contributed by atoms with Crippen LogP contribution in [0.3, 0.4) is 0 Å². The minimum absolute atomic E-state index is 0.810. The van der Waals surface area contributed by atoms with Gasteiger partial charge in [-0.05, 0) is 44.9 Å². The Morgan fingerprint density at radius 2 is 2.10 bits per heavy atom. The van der Waals surface area contributed by atoms with E-state index in [1.165, 1.54) is 19.3 Å². The van der Waals surface area contributed by atoms with Gasteiger partial charge in [-0.25, -0.2) is 0 Å². The molecular weight excluding hydrogens is 266 g/mol. The molecule has 0 aromatic rings. The topological polar surface area (TPSA) is 46.1 Å². The van der Waals surface area contributed by atoms with Crippen molar-refractivity contribution in [2.75, 3.05) is 53.6 Å². The first kappa shape index (κ1) is 18.2. The van der Waals surface area contributed by atoms with E-state index in [2.05, 4.69) is 22.3 Å². The third-order valence-electron chi connectivity index (χ3n) is 3.99. The SMILES string of the molecule is CCOCCCCNC(=NC)N(C)CCC1CCOCC1. The van der Waals surface area contributed by atoms with Gasteiger partial charge in [0.1, 0.15) is 0 Å². The zero-order valence-electron chi connectivity index (χ0n) is 14.1. The largest absolute Gasteiger partial charge is 0.382 e. The first-order valence-electron chi connectivity index (χ1n) is 8.35. The van der Waals surface area contributed by atoms with Crippen LogP contribution in [0.15, 0.2) is 4.99 Å². The summed E-state index contributed by atoms with van der Waals surface area (Å²) in [7, 11) is 3.97. The highest BCUT2D eigenvalue weighted by Crippen LogP contribution is 2.18. The van der Waals surface area contributed by atoms with Gasteiger partial charge >= 0.3 is 0 Å². The van der Waals surface area contributed by atoms with Gasteiger partial charge in [0, 0.05) is 53.6 Å². The van der Waals surface area contributed by atoms with Crippen LogP contribution in [0.1, 0.15) is 39.0 Å². The molecule has 0 aliphatic carbocycles. The Morgan fingerprint density at radius 3 is 2.76 bits per heavy atom. The van der Waals surface area contributed by atoms with E-state index >= 15 is 0 Å². The summed E-state index contributed by atoms with van der Waals surface area (Å²) in [5, 5.41) is 3.43. The summed E-state index contributed by atoms with van der Waals surface area (Å²) >= 11 is 0. The van der Waals surface area contributed by atoms with E-state index in [1.807, 2.05) is 14.0 Å². The second-order valence-electron chi connectivity index (χ2n) is 5.64. The Hall–Kier alpha value is -0.810. The van der Waals surface area contributed by atoms with E-state index < -0.39 is 0 Å². The molecule has 1 fully saturated rings. The molecule has 0 aromatic heterocycles. The Bertz CT molecular complexity index is 279. The summed E-state index contributed by atoms with van der Waals surface area (Å²) < 4.78 is 10.8. The van der Waals surface area contributed by atoms with Crippen LogP contribution >= 0.6 is 0 Å². The summed E-state index contributed by atoms with van der Waals surface area (Å²) in [6.07, 6.45) is 5.86. The maximum Gasteiger partial charge on any atom is 0.193 e. The lowest BCUT2D eigenvalue weighted by Gasteiger charge is -2.26. The van der Waals surface area contributed by atoms with E-state index in [-0.39, 0.29) is 0 Å². The zero-order valence-corrected chi connectivity index (χ0v) is 14.1. The Morgan fingerprint density at radius 1 is 1.33 bits per heavy atom. The molecule has 0 saturated carbocycles. The second kappa shape index (κ2) is 11.8. The minimum Gasteiger partial charge on any atom is -0.382 e. The monoisotopic (exact) mass is 299 g/mol. The summed E-state index contributed by atoms with van der Waals surface area (Å²) in [6, 6.07) is 0. The van der Waals surface area contributed by atoms with Crippen LogP contribution in [-0.4, -0.2) is 64.5 Å². The quantitative estimate of drug-likeness (QED) is 0.402. The highest BCUT2D eigenvalue weighted by molar-refractivity contribution is 5.79. The number of hydrogen-bond donors (Lipinski definition) is 1. The molecule has 1 aliphatic rings. The molecule has 0 unspecified atom stereocenters. The molecule has 0 radical (unpaired) electrons. The number of nitrogens with zero attached hydrogens (tertiary/aromatic N) is 2. The molecule has 0 bridgehead atoms. The molecule has 1 heterocycles. The number of unbranched alkanes of at least 4 members (excludes halogenated alkanes) is 1.